The Morgan fingerprint density at radius 1 is 1.26 bits per heavy atom. The number of pyridine rings is 1. The van der Waals surface area contributed by atoms with Crippen molar-refractivity contribution in [3.8, 4) is 0 Å². The molecular weight excluding hydrogens is 438 g/mol. The maximum atomic E-state index is 12.9. The Bertz CT molecular complexity index is 1470. The molecule has 3 heterocycles. The van der Waals surface area contributed by atoms with Crippen molar-refractivity contribution in [1.29, 1.82) is 0 Å². The number of carbonyl (C=O) groups is 1. The van der Waals surface area contributed by atoms with E-state index in [9.17, 15) is 19.5 Å². The smallest absolute Gasteiger partial charge is 0.337 e. The number of hydrogen-bond acceptors (Lipinski definition) is 5. The van der Waals surface area contributed by atoms with Crippen LogP contribution in [0.5, 0.6) is 0 Å². The fourth-order valence-corrected chi connectivity index (χ4v) is 5.28. The predicted molar refractivity (Wildman–Crippen MR) is 123 cm³/mol. The van der Waals surface area contributed by atoms with Gasteiger partial charge in [0.25, 0.3) is 5.56 Å². The SMILES string of the molecule is CC(C)Cn1c(=O)n(C)c(=O)c2c(C(=O)O)c(Cc3c(Cl)cnc4ccccc34)sc21. The molecule has 0 saturated heterocycles. The van der Waals surface area contributed by atoms with E-state index in [-0.39, 0.29) is 23.3 Å². The first-order chi connectivity index (χ1) is 14.7. The second kappa shape index (κ2) is 7.94. The zero-order valence-corrected chi connectivity index (χ0v) is 18.8. The van der Waals surface area contributed by atoms with Crippen molar-refractivity contribution in [1.82, 2.24) is 14.1 Å². The van der Waals surface area contributed by atoms with Gasteiger partial charge in [0, 0.05) is 36.5 Å². The number of carboxylic acid groups (broad SMARTS) is 1. The third-order valence-corrected chi connectivity index (χ3v) is 6.72. The molecule has 0 spiro atoms. The Kier molecular flexibility index (Phi) is 5.45. The van der Waals surface area contributed by atoms with Crippen molar-refractivity contribution in [2.24, 2.45) is 13.0 Å². The minimum absolute atomic E-state index is 0.0599. The molecule has 0 aliphatic rings. The Morgan fingerprint density at radius 2 is 1.97 bits per heavy atom. The van der Waals surface area contributed by atoms with Gasteiger partial charge in [-0.3, -0.25) is 18.9 Å². The summed E-state index contributed by atoms with van der Waals surface area (Å²) in [6.07, 6.45) is 1.75. The van der Waals surface area contributed by atoms with Crippen molar-refractivity contribution < 1.29 is 9.90 Å². The summed E-state index contributed by atoms with van der Waals surface area (Å²) < 4.78 is 2.47. The third-order valence-electron chi connectivity index (χ3n) is 5.18. The normalized spacial score (nSPS) is 11.6. The molecule has 0 unspecified atom stereocenters. The molecule has 4 aromatic rings. The zero-order chi connectivity index (χ0) is 22.4. The summed E-state index contributed by atoms with van der Waals surface area (Å²) in [4.78, 5) is 43.1. The topological polar surface area (TPSA) is 94.2 Å². The number of halogens is 1. The largest absolute Gasteiger partial charge is 0.478 e. The number of nitrogens with zero attached hydrogens (tertiary/aromatic N) is 3. The quantitative estimate of drug-likeness (QED) is 0.490. The number of hydrogen-bond donors (Lipinski definition) is 1. The Balaban J connectivity index is 2.05. The van der Waals surface area contributed by atoms with E-state index in [0.29, 0.717) is 21.3 Å². The maximum absolute atomic E-state index is 12.9. The van der Waals surface area contributed by atoms with E-state index in [0.717, 1.165) is 32.4 Å². The lowest BCUT2D eigenvalue weighted by Crippen LogP contribution is -2.38. The van der Waals surface area contributed by atoms with Gasteiger partial charge >= 0.3 is 11.7 Å². The lowest BCUT2D eigenvalue weighted by Gasteiger charge is -2.11. The van der Waals surface area contributed by atoms with Crippen molar-refractivity contribution in [2.75, 3.05) is 0 Å². The molecule has 0 amide bonds. The van der Waals surface area contributed by atoms with Crippen molar-refractivity contribution in [3.05, 3.63) is 72.3 Å². The summed E-state index contributed by atoms with van der Waals surface area (Å²) in [6.45, 7) is 4.29. The van der Waals surface area contributed by atoms with Crippen LogP contribution in [0.4, 0.5) is 0 Å². The molecule has 1 aromatic carbocycles. The Hall–Kier alpha value is -2.97. The number of rotatable bonds is 5. The molecule has 9 heteroatoms. The maximum Gasteiger partial charge on any atom is 0.337 e. The Morgan fingerprint density at radius 3 is 2.65 bits per heavy atom. The standard InChI is InChI=1S/C22H20ClN3O4S/c1-11(2)10-26-20-18(19(27)25(3)22(26)30)17(21(28)29)16(31-20)8-13-12-6-4-5-7-15(12)24-9-14(13)23/h4-7,9,11H,8,10H2,1-3H3,(H,28,29). The lowest BCUT2D eigenvalue weighted by molar-refractivity contribution is 0.0698. The van der Waals surface area contributed by atoms with E-state index in [1.54, 1.807) is 6.20 Å². The first kappa shape index (κ1) is 21.3. The van der Waals surface area contributed by atoms with Gasteiger partial charge in [-0.15, -0.1) is 11.3 Å². The summed E-state index contributed by atoms with van der Waals surface area (Å²) in [5.41, 5.74) is 0.340. The van der Waals surface area contributed by atoms with Crippen LogP contribution in [-0.4, -0.2) is 25.2 Å². The monoisotopic (exact) mass is 457 g/mol. The number of aromatic carboxylic acids is 1. The van der Waals surface area contributed by atoms with Crippen molar-refractivity contribution in [2.45, 2.75) is 26.8 Å². The van der Waals surface area contributed by atoms with Crippen LogP contribution in [0.25, 0.3) is 21.1 Å². The molecule has 0 bridgehead atoms. The van der Waals surface area contributed by atoms with Crippen LogP contribution < -0.4 is 11.2 Å². The highest BCUT2D eigenvalue weighted by atomic mass is 35.5. The molecule has 0 saturated carbocycles. The van der Waals surface area contributed by atoms with Crippen LogP contribution >= 0.6 is 22.9 Å². The Labute approximate surface area is 186 Å². The third kappa shape index (κ3) is 3.55. The van der Waals surface area contributed by atoms with E-state index in [4.69, 9.17) is 11.6 Å². The summed E-state index contributed by atoms with van der Waals surface area (Å²) >= 11 is 7.60. The van der Waals surface area contributed by atoms with E-state index in [1.807, 2.05) is 38.1 Å². The highest BCUT2D eigenvalue weighted by molar-refractivity contribution is 7.19. The van der Waals surface area contributed by atoms with Crippen LogP contribution in [0, 0.1) is 5.92 Å². The fourth-order valence-electron chi connectivity index (χ4n) is 3.77. The first-order valence-electron chi connectivity index (χ1n) is 9.71. The lowest BCUT2D eigenvalue weighted by atomic mass is 10.0. The number of benzene rings is 1. The molecule has 31 heavy (non-hydrogen) atoms. The van der Waals surface area contributed by atoms with E-state index < -0.39 is 17.2 Å². The second-order valence-electron chi connectivity index (χ2n) is 7.82. The molecule has 0 aliphatic heterocycles. The van der Waals surface area contributed by atoms with Gasteiger partial charge in [0.15, 0.2) is 0 Å². The molecule has 0 fully saturated rings. The van der Waals surface area contributed by atoms with Crippen LogP contribution in [0.3, 0.4) is 0 Å². The van der Waals surface area contributed by atoms with Crippen molar-refractivity contribution >= 4 is 50.0 Å². The van der Waals surface area contributed by atoms with Gasteiger partial charge in [-0.1, -0.05) is 43.6 Å². The molecule has 0 atom stereocenters. The molecule has 1 N–H and O–H groups in total. The minimum atomic E-state index is -1.21. The number of carboxylic acids is 1. The van der Waals surface area contributed by atoms with Crippen LogP contribution in [0.15, 0.2) is 40.1 Å². The summed E-state index contributed by atoms with van der Waals surface area (Å²) in [5.74, 6) is -1.07. The zero-order valence-electron chi connectivity index (χ0n) is 17.2. The van der Waals surface area contributed by atoms with Gasteiger partial charge < -0.3 is 5.11 Å². The number of para-hydroxylation sites is 1. The molecule has 3 aromatic heterocycles. The fraction of sp³-hybridized carbons (Fsp3) is 0.273. The van der Waals surface area contributed by atoms with E-state index >= 15 is 0 Å². The highest BCUT2D eigenvalue weighted by Crippen LogP contribution is 2.34. The molecular formula is C22H20ClN3O4S. The average Bonchev–Trinajstić information content (AvgIpc) is 3.11. The average molecular weight is 458 g/mol. The molecule has 4 rings (SSSR count). The highest BCUT2D eigenvalue weighted by Gasteiger charge is 2.26. The van der Waals surface area contributed by atoms with E-state index in [2.05, 4.69) is 4.98 Å². The van der Waals surface area contributed by atoms with E-state index in [1.165, 1.54) is 11.6 Å². The van der Waals surface area contributed by atoms with Crippen molar-refractivity contribution in [3.63, 3.8) is 0 Å². The summed E-state index contributed by atoms with van der Waals surface area (Å²) in [7, 11) is 1.37. The van der Waals surface area contributed by atoms with Crippen LogP contribution in [0.2, 0.25) is 5.02 Å². The molecule has 7 nitrogen and oxygen atoms in total. The summed E-state index contributed by atoms with van der Waals surface area (Å²) in [6, 6.07) is 7.46. The summed E-state index contributed by atoms with van der Waals surface area (Å²) in [5, 5.41) is 11.3. The van der Waals surface area contributed by atoms with Gasteiger partial charge in [-0.25, -0.2) is 9.59 Å². The van der Waals surface area contributed by atoms with Gasteiger partial charge in [-0.2, -0.15) is 0 Å². The molecule has 0 aliphatic carbocycles. The van der Waals surface area contributed by atoms with Crippen LogP contribution in [-0.2, 0) is 20.0 Å². The predicted octanol–water partition coefficient (Wildman–Crippen LogP) is 3.91. The number of fused-ring (bicyclic) bond motifs is 2. The molecule has 0 radical (unpaired) electrons. The van der Waals surface area contributed by atoms with Gasteiger partial charge in [0.1, 0.15) is 4.83 Å². The minimum Gasteiger partial charge on any atom is -0.478 e. The number of aromatic nitrogens is 3. The van der Waals surface area contributed by atoms with Gasteiger partial charge in [-0.05, 0) is 17.5 Å². The van der Waals surface area contributed by atoms with Gasteiger partial charge in [0.2, 0.25) is 0 Å². The second-order valence-corrected chi connectivity index (χ2v) is 9.31. The molecule has 160 valence electrons. The van der Waals surface area contributed by atoms with Crippen LogP contribution in [0.1, 0.15) is 34.6 Å². The number of thiophene rings is 1. The first-order valence-corrected chi connectivity index (χ1v) is 10.9. The van der Waals surface area contributed by atoms with Gasteiger partial charge in [0.05, 0.1) is 21.5 Å².